The minimum absolute atomic E-state index is 0.170. The number of amides is 1. The molecule has 0 radical (unpaired) electrons. The summed E-state index contributed by atoms with van der Waals surface area (Å²) in [6.07, 6.45) is 3.44. The molecule has 0 bridgehead atoms. The lowest BCUT2D eigenvalue weighted by atomic mass is 9.94. The maximum absolute atomic E-state index is 12.6. The molecule has 1 aromatic carbocycles. The van der Waals surface area contributed by atoms with Crippen molar-refractivity contribution < 1.29 is 14.3 Å². The Hall–Kier alpha value is -2.92. The first-order chi connectivity index (χ1) is 12.1. The summed E-state index contributed by atoms with van der Waals surface area (Å²) in [4.78, 5) is 16.8. The number of nitrogens with zero attached hydrogens (tertiary/aromatic N) is 1. The van der Waals surface area contributed by atoms with Gasteiger partial charge in [0, 0.05) is 12.4 Å². The minimum atomic E-state index is -0.344. The van der Waals surface area contributed by atoms with E-state index in [0.717, 1.165) is 22.3 Å². The van der Waals surface area contributed by atoms with Crippen molar-refractivity contribution in [3.63, 3.8) is 0 Å². The van der Waals surface area contributed by atoms with E-state index in [9.17, 15) is 4.79 Å². The predicted molar refractivity (Wildman–Crippen MR) is 94.1 cm³/mol. The van der Waals surface area contributed by atoms with Crippen LogP contribution in [0.1, 0.15) is 44.6 Å². The van der Waals surface area contributed by atoms with Crippen molar-refractivity contribution in [1.29, 1.82) is 0 Å². The third-order valence-corrected chi connectivity index (χ3v) is 4.08. The number of aliphatic hydroxyl groups excluding tert-OH is 1. The van der Waals surface area contributed by atoms with Crippen LogP contribution in [-0.2, 0) is 6.61 Å². The Bertz CT molecular complexity index is 872. The number of hydrogen-bond acceptors (Lipinski definition) is 4. The molecule has 5 nitrogen and oxygen atoms in total. The number of rotatable bonds is 5. The van der Waals surface area contributed by atoms with Crippen LogP contribution in [0, 0.1) is 13.8 Å². The van der Waals surface area contributed by atoms with Gasteiger partial charge in [-0.05, 0) is 48.7 Å². The molecule has 3 aromatic rings. The SMILES string of the molecule is Cc1ccc(C)c(C(NC(=O)c2ccc(CO)o2)c2cccnc2)c1. The molecule has 0 saturated heterocycles. The van der Waals surface area contributed by atoms with Crippen molar-refractivity contribution in [2.45, 2.75) is 26.5 Å². The molecule has 25 heavy (non-hydrogen) atoms. The van der Waals surface area contributed by atoms with Crippen molar-refractivity contribution in [3.05, 3.63) is 88.6 Å². The Kier molecular flexibility index (Phi) is 4.95. The second-order valence-corrected chi connectivity index (χ2v) is 5.98. The van der Waals surface area contributed by atoms with Gasteiger partial charge in [0.15, 0.2) is 5.76 Å². The maximum Gasteiger partial charge on any atom is 0.287 e. The Morgan fingerprint density at radius 1 is 1.24 bits per heavy atom. The molecular weight excluding hydrogens is 316 g/mol. The summed E-state index contributed by atoms with van der Waals surface area (Å²) < 4.78 is 5.34. The summed E-state index contributed by atoms with van der Waals surface area (Å²) in [5.41, 5.74) is 4.09. The monoisotopic (exact) mass is 336 g/mol. The molecule has 0 aliphatic rings. The molecule has 1 amide bonds. The van der Waals surface area contributed by atoms with Crippen molar-refractivity contribution in [2.75, 3.05) is 0 Å². The Morgan fingerprint density at radius 3 is 2.76 bits per heavy atom. The molecule has 5 heteroatoms. The maximum atomic E-state index is 12.6. The molecule has 128 valence electrons. The number of nitrogens with one attached hydrogen (secondary N) is 1. The van der Waals surface area contributed by atoms with Gasteiger partial charge in [-0.1, -0.05) is 29.8 Å². The van der Waals surface area contributed by atoms with Crippen LogP contribution in [0.15, 0.2) is 59.3 Å². The topological polar surface area (TPSA) is 75.4 Å². The van der Waals surface area contributed by atoms with Gasteiger partial charge in [0.2, 0.25) is 0 Å². The summed E-state index contributed by atoms with van der Waals surface area (Å²) in [6, 6.07) is 12.7. The van der Waals surface area contributed by atoms with Crippen LogP contribution in [0.3, 0.4) is 0 Å². The molecule has 0 aliphatic carbocycles. The zero-order chi connectivity index (χ0) is 17.8. The number of carbonyl (C=O) groups is 1. The van der Waals surface area contributed by atoms with E-state index in [0.29, 0.717) is 5.76 Å². The summed E-state index contributed by atoms with van der Waals surface area (Å²) in [7, 11) is 0. The molecular formula is C20H20N2O3. The lowest BCUT2D eigenvalue weighted by Crippen LogP contribution is -2.29. The predicted octanol–water partition coefficient (Wildman–Crippen LogP) is 3.30. The van der Waals surface area contributed by atoms with Gasteiger partial charge in [-0.15, -0.1) is 0 Å². The molecule has 0 aliphatic heterocycles. The van der Waals surface area contributed by atoms with Gasteiger partial charge in [-0.2, -0.15) is 0 Å². The summed E-state index contributed by atoms with van der Waals surface area (Å²) in [5.74, 6) is 0.188. The third-order valence-electron chi connectivity index (χ3n) is 4.08. The molecule has 0 saturated carbocycles. The van der Waals surface area contributed by atoms with E-state index in [1.165, 1.54) is 0 Å². The standard InChI is InChI=1S/C20H20N2O3/c1-13-5-6-14(2)17(10-13)19(15-4-3-9-21-11-15)22-20(24)18-8-7-16(12-23)25-18/h3-11,19,23H,12H2,1-2H3,(H,22,24). The first-order valence-corrected chi connectivity index (χ1v) is 8.06. The zero-order valence-corrected chi connectivity index (χ0v) is 14.2. The largest absolute Gasteiger partial charge is 0.453 e. The fraction of sp³-hybridized carbons (Fsp3) is 0.200. The molecule has 3 rings (SSSR count). The minimum Gasteiger partial charge on any atom is -0.453 e. The van der Waals surface area contributed by atoms with E-state index in [2.05, 4.69) is 16.4 Å². The van der Waals surface area contributed by atoms with E-state index in [1.807, 2.05) is 38.1 Å². The van der Waals surface area contributed by atoms with Gasteiger partial charge in [0.25, 0.3) is 5.91 Å². The fourth-order valence-corrected chi connectivity index (χ4v) is 2.75. The highest BCUT2D eigenvalue weighted by Gasteiger charge is 2.21. The Labute approximate surface area is 146 Å². The number of aryl methyl sites for hydroxylation is 2. The van der Waals surface area contributed by atoms with Gasteiger partial charge >= 0.3 is 0 Å². The zero-order valence-electron chi connectivity index (χ0n) is 14.2. The van der Waals surface area contributed by atoms with Gasteiger partial charge in [0.1, 0.15) is 12.4 Å². The highest BCUT2D eigenvalue weighted by molar-refractivity contribution is 5.92. The number of carbonyl (C=O) groups excluding carboxylic acids is 1. The lowest BCUT2D eigenvalue weighted by molar-refractivity contribution is 0.0910. The molecule has 0 fully saturated rings. The highest BCUT2D eigenvalue weighted by atomic mass is 16.4. The molecule has 0 spiro atoms. The second-order valence-electron chi connectivity index (χ2n) is 5.98. The lowest BCUT2D eigenvalue weighted by Gasteiger charge is -2.21. The third kappa shape index (κ3) is 3.78. The normalized spacial score (nSPS) is 12.0. The van der Waals surface area contributed by atoms with Crippen LogP contribution < -0.4 is 5.32 Å². The Morgan fingerprint density at radius 2 is 2.08 bits per heavy atom. The highest BCUT2D eigenvalue weighted by Crippen LogP contribution is 2.26. The second kappa shape index (κ2) is 7.32. The number of aliphatic hydroxyl groups is 1. The van der Waals surface area contributed by atoms with Gasteiger partial charge in [0.05, 0.1) is 6.04 Å². The van der Waals surface area contributed by atoms with Gasteiger partial charge in [-0.3, -0.25) is 9.78 Å². The first-order valence-electron chi connectivity index (χ1n) is 8.06. The quantitative estimate of drug-likeness (QED) is 0.749. The molecule has 1 unspecified atom stereocenters. The van der Waals surface area contributed by atoms with E-state index < -0.39 is 0 Å². The molecule has 2 aromatic heterocycles. The molecule has 2 heterocycles. The van der Waals surface area contributed by atoms with Crippen LogP contribution in [-0.4, -0.2) is 16.0 Å². The van der Waals surface area contributed by atoms with E-state index in [4.69, 9.17) is 9.52 Å². The van der Waals surface area contributed by atoms with Gasteiger partial charge < -0.3 is 14.8 Å². The van der Waals surface area contributed by atoms with Crippen molar-refractivity contribution in [2.24, 2.45) is 0 Å². The van der Waals surface area contributed by atoms with Crippen LogP contribution in [0.5, 0.6) is 0 Å². The number of pyridine rings is 1. The average molecular weight is 336 g/mol. The van der Waals surface area contributed by atoms with E-state index in [-0.39, 0.29) is 24.3 Å². The fourth-order valence-electron chi connectivity index (χ4n) is 2.75. The summed E-state index contributed by atoms with van der Waals surface area (Å²) >= 11 is 0. The molecule has 1 atom stereocenters. The number of benzene rings is 1. The Balaban J connectivity index is 1.97. The number of hydrogen-bond donors (Lipinski definition) is 2. The first kappa shape index (κ1) is 16.9. The van der Waals surface area contributed by atoms with Gasteiger partial charge in [-0.25, -0.2) is 0 Å². The summed E-state index contributed by atoms with van der Waals surface area (Å²) in [6.45, 7) is 3.79. The van der Waals surface area contributed by atoms with E-state index >= 15 is 0 Å². The van der Waals surface area contributed by atoms with Crippen LogP contribution in [0.4, 0.5) is 0 Å². The summed E-state index contributed by atoms with van der Waals surface area (Å²) in [5, 5.41) is 12.1. The van der Waals surface area contributed by atoms with Crippen LogP contribution >= 0.6 is 0 Å². The van der Waals surface area contributed by atoms with Crippen molar-refractivity contribution in [1.82, 2.24) is 10.3 Å². The average Bonchev–Trinajstić information content (AvgIpc) is 3.12. The number of aromatic nitrogens is 1. The number of furan rings is 1. The van der Waals surface area contributed by atoms with Crippen LogP contribution in [0.2, 0.25) is 0 Å². The smallest absolute Gasteiger partial charge is 0.287 e. The van der Waals surface area contributed by atoms with E-state index in [1.54, 1.807) is 24.5 Å². The van der Waals surface area contributed by atoms with Crippen LogP contribution in [0.25, 0.3) is 0 Å². The van der Waals surface area contributed by atoms with Crippen molar-refractivity contribution >= 4 is 5.91 Å². The van der Waals surface area contributed by atoms with Crippen molar-refractivity contribution in [3.8, 4) is 0 Å². The molecule has 2 N–H and O–H groups in total.